The molecule has 0 spiro atoms. The van der Waals surface area contributed by atoms with Crippen molar-refractivity contribution in [2.45, 2.75) is 19.8 Å². The second-order valence-electron chi connectivity index (χ2n) is 6.28. The number of nitrogens with zero attached hydrogens (tertiary/aromatic N) is 2. The zero-order valence-corrected chi connectivity index (χ0v) is 16.9. The van der Waals surface area contributed by atoms with Crippen LogP contribution in [0.5, 0.6) is 0 Å². The van der Waals surface area contributed by atoms with Gasteiger partial charge in [0, 0.05) is 22.8 Å². The van der Waals surface area contributed by atoms with E-state index in [0.717, 1.165) is 29.8 Å². The molecule has 0 atom stereocenters. The van der Waals surface area contributed by atoms with Crippen molar-refractivity contribution in [3.63, 3.8) is 0 Å². The molecule has 0 amide bonds. The zero-order chi connectivity index (χ0) is 20.5. The summed E-state index contributed by atoms with van der Waals surface area (Å²) in [6, 6.07) is 19.0. The lowest BCUT2D eigenvalue weighted by atomic mass is 10.2. The molecule has 0 aliphatic heterocycles. The van der Waals surface area contributed by atoms with Gasteiger partial charge in [0.25, 0.3) is 0 Å². The summed E-state index contributed by atoms with van der Waals surface area (Å²) in [7, 11) is 0. The number of esters is 1. The Kier molecular flexibility index (Phi) is 7.15. The summed E-state index contributed by atoms with van der Waals surface area (Å²) in [4.78, 5) is 16.5. The van der Waals surface area contributed by atoms with E-state index in [9.17, 15) is 10.1 Å². The van der Waals surface area contributed by atoms with E-state index in [1.54, 1.807) is 30.5 Å². The number of hydrogen-bond acceptors (Lipinski definition) is 6. The average Bonchev–Trinajstić information content (AvgIpc) is 3.25. The SMILES string of the molecule is CCCCOC(=O)c1ccc(N/C=C(\C#N)c2nc(-c3ccccc3)cs2)cc1. The molecular weight excluding hydrogens is 382 g/mol. The van der Waals surface area contributed by atoms with Gasteiger partial charge in [-0.3, -0.25) is 0 Å². The van der Waals surface area contributed by atoms with Gasteiger partial charge in [0.05, 0.1) is 17.9 Å². The highest BCUT2D eigenvalue weighted by Gasteiger charge is 2.09. The number of hydrogen-bond donors (Lipinski definition) is 1. The molecule has 0 aliphatic carbocycles. The van der Waals surface area contributed by atoms with Crippen LogP contribution < -0.4 is 5.32 Å². The molecule has 2 aromatic carbocycles. The summed E-state index contributed by atoms with van der Waals surface area (Å²) in [6.07, 6.45) is 3.47. The monoisotopic (exact) mass is 403 g/mol. The van der Waals surface area contributed by atoms with E-state index in [4.69, 9.17) is 4.74 Å². The largest absolute Gasteiger partial charge is 0.462 e. The third-order valence-corrected chi connectivity index (χ3v) is 5.03. The van der Waals surface area contributed by atoms with Crippen molar-refractivity contribution in [3.05, 3.63) is 76.7 Å². The van der Waals surface area contributed by atoms with Crippen molar-refractivity contribution in [2.75, 3.05) is 11.9 Å². The number of anilines is 1. The number of carbonyl (C=O) groups is 1. The number of rotatable bonds is 8. The summed E-state index contributed by atoms with van der Waals surface area (Å²) in [5.74, 6) is -0.325. The summed E-state index contributed by atoms with van der Waals surface area (Å²) in [5, 5.41) is 15.2. The Balaban J connectivity index is 1.66. The Labute approximate surface area is 174 Å². The molecule has 1 N–H and O–H groups in total. The molecule has 3 rings (SSSR count). The lowest BCUT2D eigenvalue weighted by molar-refractivity contribution is 0.0500. The summed E-state index contributed by atoms with van der Waals surface area (Å²) in [5.41, 5.74) is 3.57. The molecule has 0 saturated heterocycles. The maximum atomic E-state index is 11.9. The highest BCUT2D eigenvalue weighted by atomic mass is 32.1. The lowest BCUT2D eigenvalue weighted by Gasteiger charge is -2.05. The van der Waals surface area contributed by atoms with E-state index in [2.05, 4.69) is 16.4 Å². The van der Waals surface area contributed by atoms with Crippen LogP contribution in [0.25, 0.3) is 16.8 Å². The van der Waals surface area contributed by atoms with E-state index >= 15 is 0 Å². The quantitative estimate of drug-likeness (QED) is 0.295. The summed E-state index contributed by atoms with van der Waals surface area (Å²) < 4.78 is 5.20. The zero-order valence-electron chi connectivity index (χ0n) is 16.1. The van der Waals surface area contributed by atoms with Gasteiger partial charge in [0.2, 0.25) is 0 Å². The highest BCUT2D eigenvalue weighted by molar-refractivity contribution is 7.11. The van der Waals surface area contributed by atoms with Gasteiger partial charge in [-0.25, -0.2) is 9.78 Å². The molecular formula is C23H21N3O2S. The Morgan fingerprint density at radius 2 is 1.97 bits per heavy atom. The van der Waals surface area contributed by atoms with E-state index in [1.165, 1.54) is 11.3 Å². The molecule has 0 saturated carbocycles. The van der Waals surface area contributed by atoms with Gasteiger partial charge in [-0.1, -0.05) is 43.7 Å². The first kappa shape index (κ1) is 20.3. The molecule has 5 nitrogen and oxygen atoms in total. The molecule has 0 radical (unpaired) electrons. The van der Waals surface area contributed by atoms with Gasteiger partial charge >= 0.3 is 5.97 Å². The molecule has 0 aliphatic rings. The van der Waals surface area contributed by atoms with E-state index in [-0.39, 0.29) is 5.97 Å². The van der Waals surface area contributed by atoms with Crippen molar-refractivity contribution in [1.29, 1.82) is 5.26 Å². The van der Waals surface area contributed by atoms with Gasteiger partial charge in [-0.2, -0.15) is 5.26 Å². The van der Waals surface area contributed by atoms with Crippen LogP contribution in [-0.4, -0.2) is 17.6 Å². The predicted octanol–water partition coefficient (Wildman–Crippen LogP) is 5.74. The van der Waals surface area contributed by atoms with Gasteiger partial charge in [-0.05, 0) is 30.7 Å². The minimum Gasteiger partial charge on any atom is -0.462 e. The minimum atomic E-state index is -0.325. The third kappa shape index (κ3) is 5.53. The van der Waals surface area contributed by atoms with Crippen molar-refractivity contribution in [2.24, 2.45) is 0 Å². The number of nitriles is 1. The smallest absolute Gasteiger partial charge is 0.338 e. The van der Waals surface area contributed by atoms with Gasteiger partial charge in [0.1, 0.15) is 16.6 Å². The number of unbranched alkanes of at least 4 members (excludes halogenated alkanes) is 1. The normalized spacial score (nSPS) is 11.0. The maximum Gasteiger partial charge on any atom is 0.338 e. The Morgan fingerprint density at radius 1 is 1.21 bits per heavy atom. The highest BCUT2D eigenvalue weighted by Crippen LogP contribution is 2.26. The van der Waals surface area contributed by atoms with Crippen LogP contribution in [0.1, 0.15) is 35.1 Å². The van der Waals surface area contributed by atoms with Gasteiger partial charge in [-0.15, -0.1) is 11.3 Å². The molecule has 6 heteroatoms. The van der Waals surface area contributed by atoms with Crippen LogP contribution in [0.15, 0.2) is 66.2 Å². The lowest BCUT2D eigenvalue weighted by Crippen LogP contribution is -2.06. The second kappa shape index (κ2) is 10.2. The molecule has 29 heavy (non-hydrogen) atoms. The van der Waals surface area contributed by atoms with Crippen LogP contribution in [0.4, 0.5) is 5.69 Å². The second-order valence-corrected chi connectivity index (χ2v) is 7.14. The van der Waals surface area contributed by atoms with Crippen LogP contribution in [0, 0.1) is 11.3 Å². The number of nitrogens with one attached hydrogen (secondary N) is 1. The Bertz CT molecular complexity index is 1020. The minimum absolute atomic E-state index is 0.325. The molecule has 0 unspecified atom stereocenters. The van der Waals surface area contributed by atoms with Crippen molar-refractivity contribution in [1.82, 2.24) is 4.98 Å². The van der Waals surface area contributed by atoms with E-state index in [1.807, 2.05) is 42.6 Å². The fourth-order valence-corrected chi connectivity index (χ4v) is 3.33. The third-order valence-electron chi connectivity index (χ3n) is 4.16. The number of thiazole rings is 1. The van der Waals surface area contributed by atoms with E-state index in [0.29, 0.717) is 22.8 Å². The number of carbonyl (C=O) groups excluding carboxylic acids is 1. The van der Waals surface area contributed by atoms with Crippen LogP contribution in [0.2, 0.25) is 0 Å². The molecule has 1 aromatic heterocycles. The number of ether oxygens (including phenoxy) is 1. The summed E-state index contributed by atoms with van der Waals surface area (Å²) in [6.45, 7) is 2.48. The average molecular weight is 404 g/mol. The van der Waals surface area contributed by atoms with Crippen molar-refractivity contribution in [3.8, 4) is 17.3 Å². The number of allylic oxidation sites excluding steroid dienone is 1. The number of aromatic nitrogens is 1. The fraction of sp³-hybridized carbons (Fsp3) is 0.174. The standard InChI is InChI=1S/C23H21N3O2S/c1-2-3-13-28-23(27)18-9-11-20(12-10-18)25-15-19(14-24)22-26-21(16-29-22)17-7-5-4-6-8-17/h4-12,15-16,25H,2-3,13H2,1H3/b19-15+. The van der Waals surface area contributed by atoms with Crippen LogP contribution >= 0.6 is 11.3 Å². The summed E-state index contributed by atoms with van der Waals surface area (Å²) >= 11 is 1.42. The van der Waals surface area contributed by atoms with Crippen molar-refractivity contribution >= 4 is 28.6 Å². The first-order valence-electron chi connectivity index (χ1n) is 9.36. The van der Waals surface area contributed by atoms with Gasteiger partial charge < -0.3 is 10.1 Å². The molecule has 0 bridgehead atoms. The Morgan fingerprint density at radius 3 is 2.66 bits per heavy atom. The van der Waals surface area contributed by atoms with Crippen LogP contribution in [-0.2, 0) is 4.74 Å². The molecule has 1 heterocycles. The van der Waals surface area contributed by atoms with Crippen molar-refractivity contribution < 1.29 is 9.53 Å². The Hall–Kier alpha value is -3.43. The molecule has 0 fully saturated rings. The first-order valence-corrected chi connectivity index (χ1v) is 10.2. The predicted molar refractivity (Wildman–Crippen MR) is 116 cm³/mol. The number of benzene rings is 2. The van der Waals surface area contributed by atoms with Crippen LogP contribution in [0.3, 0.4) is 0 Å². The maximum absolute atomic E-state index is 11.9. The topological polar surface area (TPSA) is 75.0 Å². The molecule has 146 valence electrons. The first-order chi connectivity index (χ1) is 14.2. The van der Waals surface area contributed by atoms with Gasteiger partial charge in [0.15, 0.2) is 0 Å². The fourth-order valence-electron chi connectivity index (χ4n) is 2.53. The van der Waals surface area contributed by atoms with E-state index < -0.39 is 0 Å². The molecule has 3 aromatic rings.